The van der Waals surface area contributed by atoms with Gasteiger partial charge in [-0.3, -0.25) is 23.9 Å². The molecule has 12 heteroatoms. The molecule has 0 radical (unpaired) electrons. The monoisotopic (exact) mass is 515 g/mol. The molecule has 0 saturated heterocycles. The van der Waals surface area contributed by atoms with Crippen LogP contribution in [0.15, 0.2) is 36.4 Å². The van der Waals surface area contributed by atoms with E-state index < -0.39 is 35.9 Å². The Kier molecular flexibility index (Phi) is 7.32. The molecule has 10 nitrogen and oxygen atoms in total. The lowest BCUT2D eigenvalue weighted by atomic mass is 10.1. The number of halogens is 2. The number of nitrogens with zero attached hydrogens (tertiary/aromatic N) is 3. The second-order valence-corrected chi connectivity index (χ2v) is 8.83. The summed E-state index contributed by atoms with van der Waals surface area (Å²) in [7, 11) is 0. The van der Waals surface area contributed by atoms with Crippen molar-refractivity contribution < 1.29 is 28.7 Å². The van der Waals surface area contributed by atoms with Crippen LogP contribution in [0.4, 0.5) is 4.39 Å². The Morgan fingerprint density at radius 3 is 2.64 bits per heavy atom. The number of nitrogens with two attached hydrogens (primary N) is 1. The number of aromatic nitrogens is 2. The third-order valence-corrected chi connectivity index (χ3v) is 6.16. The summed E-state index contributed by atoms with van der Waals surface area (Å²) in [5.74, 6) is -2.87. The summed E-state index contributed by atoms with van der Waals surface area (Å²) >= 11 is 5.77. The predicted octanol–water partition coefficient (Wildman–Crippen LogP) is 1.41. The van der Waals surface area contributed by atoms with Gasteiger partial charge in [-0.25, -0.2) is 4.39 Å². The Balaban J connectivity index is 1.50. The SMILES string of the molecule is NC(=O)c1nn(CC(=O)N(CC(=O)NCc2cccc(Cl)c2F)C2CC2)c2ccc(C(=O)CO)cc12. The van der Waals surface area contributed by atoms with E-state index in [2.05, 4.69) is 10.4 Å². The van der Waals surface area contributed by atoms with Crippen molar-refractivity contribution in [1.82, 2.24) is 20.0 Å². The van der Waals surface area contributed by atoms with E-state index in [9.17, 15) is 23.6 Å². The van der Waals surface area contributed by atoms with Crippen LogP contribution in [0.1, 0.15) is 39.3 Å². The van der Waals surface area contributed by atoms with Crippen molar-refractivity contribution in [3.8, 4) is 0 Å². The van der Waals surface area contributed by atoms with Crippen LogP contribution in [0.3, 0.4) is 0 Å². The number of carbonyl (C=O) groups is 4. The van der Waals surface area contributed by atoms with Crippen molar-refractivity contribution in [3.05, 3.63) is 64.1 Å². The zero-order valence-corrected chi connectivity index (χ0v) is 19.8. The first-order valence-electron chi connectivity index (χ1n) is 11.1. The molecule has 1 aromatic heterocycles. The number of aliphatic hydroxyl groups excluding tert-OH is 1. The number of primary amides is 1. The Morgan fingerprint density at radius 2 is 1.97 bits per heavy atom. The van der Waals surface area contributed by atoms with E-state index in [1.165, 1.54) is 39.9 Å². The van der Waals surface area contributed by atoms with Crippen LogP contribution in [-0.2, 0) is 22.7 Å². The van der Waals surface area contributed by atoms with Crippen molar-refractivity contribution in [2.75, 3.05) is 13.2 Å². The van der Waals surface area contributed by atoms with Crippen LogP contribution in [0.2, 0.25) is 5.02 Å². The van der Waals surface area contributed by atoms with Gasteiger partial charge in [-0.2, -0.15) is 5.10 Å². The van der Waals surface area contributed by atoms with Crippen molar-refractivity contribution >= 4 is 46.0 Å². The highest BCUT2D eigenvalue weighted by atomic mass is 35.5. The van der Waals surface area contributed by atoms with Crippen molar-refractivity contribution in [2.24, 2.45) is 5.73 Å². The molecular weight excluding hydrogens is 493 g/mol. The lowest BCUT2D eigenvalue weighted by Crippen LogP contribution is -2.43. The standard InChI is InChI=1S/C24H23ClFN5O5/c25-17-3-1-2-14(22(17)26)9-28-20(34)10-30(15-5-6-15)21(35)11-31-18-7-4-13(19(33)12-32)8-16(18)23(29-31)24(27)36/h1-4,7-8,15,32H,5-6,9-12H2,(H2,27,36)(H,28,34). The van der Waals surface area contributed by atoms with E-state index in [0.717, 1.165) is 12.8 Å². The van der Waals surface area contributed by atoms with Gasteiger partial charge in [-0.1, -0.05) is 23.7 Å². The second kappa shape index (κ2) is 10.4. The molecule has 1 aliphatic rings. The number of amides is 3. The largest absolute Gasteiger partial charge is 0.388 e. The average Bonchev–Trinajstić information content (AvgIpc) is 3.64. The first-order chi connectivity index (χ1) is 17.2. The van der Waals surface area contributed by atoms with Crippen LogP contribution < -0.4 is 11.1 Å². The highest BCUT2D eigenvalue weighted by Gasteiger charge is 2.34. The summed E-state index contributed by atoms with van der Waals surface area (Å²) < 4.78 is 15.4. The number of ketones is 1. The first-order valence-corrected chi connectivity index (χ1v) is 11.5. The summed E-state index contributed by atoms with van der Waals surface area (Å²) in [6.45, 7) is -1.29. The van der Waals surface area contributed by atoms with Gasteiger partial charge in [0, 0.05) is 29.1 Å². The Morgan fingerprint density at radius 1 is 1.22 bits per heavy atom. The molecule has 0 unspecified atom stereocenters. The Hall–Kier alpha value is -3.83. The molecule has 188 valence electrons. The van der Waals surface area contributed by atoms with E-state index in [-0.39, 0.29) is 52.9 Å². The number of hydrogen-bond donors (Lipinski definition) is 3. The maximum atomic E-state index is 14.1. The third kappa shape index (κ3) is 5.37. The zero-order chi connectivity index (χ0) is 26.0. The number of benzene rings is 2. The molecule has 0 aliphatic heterocycles. The molecule has 3 aromatic rings. The minimum atomic E-state index is -0.841. The molecule has 1 saturated carbocycles. The minimum Gasteiger partial charge on any atom is -0.388 e. The van der Waals surface area contributed by atoms with Gasteiger partial charge in [0.15, 0.2) is 11.5 Å². The van der Waals surface area contributed by atoms with Crippen LogP contribution >= 0.6 is 11.6 Å². The maximum absolute atomic E-state index is 14.1. The highest BCUT2D eigenvalue weighted by Crippen LogP contribution is 2.28. The highest BCUT2D eigenvalue weighted by molar-refractivity contribution is 6.30. The van der Waals surface area contributed by atoms with Crippen LogP contribution in [-0.4, -0.2) is 62.5 Å². The van der Waals surface area contributed by atoms with Gasteiger partial charge in [-0.05, 0) is 37.1 Å². The van der Waals surface area contributed by atoms with Gasteiger partial charge in [-0.15, -0.1) is 0 Å². The van der Waals surface area contributed by atoms with Gasteiger partial charge >= 0.3 is 0 Å². The molecular formula is C24H23ClFN5O5. The van der Waals surface area contributed by atoms with E-state index in [4.69, 9.17) is 22.4 Å². The first kappa shape index (κ1) is 25.3. The number of hydrogen-bond acceptors (Lipinski definition) is 6. The number of Topliss-reactive ketones (excluding diaryl/α,β-unsaturated/α-hetero) is 1. The topological polar surface area (TPSA) is 148 Å². The number of rotatable bonds is 10. The van der Waals surface area contributed by atoms with Gasteiger partial charge < -0.3 is 21.1 Å². The summed E-state index contributed by atoms with van der Waals surface area (Å²) in [6, 6.07) is 8.73. The normalized spacial score (nSPS) is 13.0. The van der Waals surface area contributed by atoms with Gasteiger partial charge in [0.05, 0.1) is 17.1 Å². The maximum Gasteiger partial charge on any atom is 0.269 e. The number of aliphatic hydroxyl groups is 1. The predicted molar refractivity (Wildman–Crippen MR) is 128 cm³/mol. The molecule has 3 amide bonds. The quantitative estimate of drug-likeness (QED) is 0.348. The van der Waals surface area contributed by atoms with E-state index in [1.54, 1.807) is 6.07 Å². The molecule has 0 atom stereocenters. The molecule has 2 aromatic carbocycles. The molecule has 4 N–H and O–H groups in total. The number of carbonyl (C=O) groups excluding carboxylic acids is 4. The van der Waals surface area contributed by atoms with E-state index >= 15 is 0 Å². The third-order valence-electron chi connectivity index (χ3n) is 5.86. The van der Waals surface area contributed by atoms with Crippen LogP contribution in [0.25, 0.3) is 10.9 Å². The second-order valence-electron chi connectivity index (χ2n) is 8.43. The molecule has 1 fully saturated rings. The molecule has 0 bridgehead atoms. The lowest BCUT2D eigenvalue weighted by molar-refractivity contribution is -0.137. The summed E-state index contributed by atoms with van der Waals surface area (Å²) in [6.07, 6.45) is 1.47. The van der Waals surface area contributed by atoms with Gasteiger partial charge in [0.1, 0.15) is 19.0 Å². The zero-order valence-electron chi connectivity index (χ0n) is 19.0. The molecule has 1 aliphatic carbocycles. The van der Waals surface area contributed by atoms with Crippen molar-refractivity contribution in [2.45, 2.75) is 32.0 Å². The lowest BCUT2D eigenvalue weighted by Gasteiger charge is -2.22. The van der Waals surface area contributed by atoms with E-state index in [0.29, 0.717) is 5.52 Å². The molecule has 4 rings (SSSR count). The fourth-order valence-electron chi connectivity index (χ4n) is 3.86. The van der Waals surface area contributed by atoms with E-state index in [1.807, 2.05) is 0 Å². The van der Waals surface area contributed by atoms with Crippen molar-refractivity contribution in [3.63, 3.8) is 0 Å². The van der Waals surface area contributed by atoms with Crippen LogP contribution in [0.5, 0.6) is 0 Å². The Labute approximate surface area is 209 Å². The Bertz CT molecular complexity index is 1370. The van der Waals surface area contributed by atoms with Crippen molar-refractivity contribution in [1.29, 1.82) is 0 Å². The summed E-state index contributed by atoms with van der Waals surface area (Å²) in [4.78, 5) is 50.9. The molecule has 1 heterocycles. The average molecular weight is 516 g/mol. The number of fused-ring (bicyclic) bond motifs is 1. The summed E-state index contributed by atoms with van der Waals surface area (Å²) in [5, 5.41) is 16.1. The van der Waals surface area contributed by atoms with Gasteiger partial charge in [0.2, 0.25) is 11.8 Å². The smallest absolute Gasteiger partial charge is 0.269 e. The van der Waals surface area contributed by atoms with Gasteiger partial charge in [0.25, 0.3) is 5.91 Å². The fourth-order valence-corrected chi connectivity index (χ4v) is 4.06. The minimum absolute atomic E-state index is 0.0499. The molecule has 0 spiro atoms. The molecule has 36 heavy (non-hydrogen) atoms. The van der Waals surface area contributed by atoms with Crippen LogP contribution in [0, 0.1) is 5.82 Å². The fraction of sp³-hybridized carbons (Fsp3) is 0.292. The summed E-state index contributed by atoms with van der Waals surface area (Å²) in [5.41, 5.74) is 6.10. The number of nitrogens with one attached hydrogen (secondary N) is 1.